The van der Waals surface area contributed by atoms with Crippen molar-refractivity contribution < 1.29 is 4.39 Å². The number of halogens is 1. The smallest absolute Gasteiger partial charge is 0.250 e. The molecule has 1 radical (unpaired) electrons. The molecular formula is C13H11FNO. The maximum absolute atomic E-state index is 13.7. The lowest BCUT2D eigenvalue weighted by atomic mass is 10.1. The van der Waals surface area contributed by atoms with Crippen molar-refractivity contribution in [2.24, 2.45) is 7.05 Å². The van der Waals surface area contributed by atoms with Gasteiger partial charge in [-0.1, -0.05) is 0 Å². The highest BCUT2D eigenvalue weighted by molar-refractivity contribution is 5.63. The number of pyridine rings is 1. The summed E-state index contributed by atoms with van der Waals surface area (Å²) in [5, 5.41) is 0. The summed E-state index contributed by atoms with van der Waals surface area (Å²) in [7, 11) is 1.64. The Morgan fingerprint density at radius 1 is 1.38 bits per heavy atom. The minimum atomic E-state index is -0.296. The molecule has 81 valence electrons. The molecule has 0 aliphatic heterocycles. The topological polar surface area (TPSA) is 22.0 Å². The van der Waals surface area contributed by atoms with E-state index in [4.69, 9.17) is 0 Å². The van der Waals surface area contributed by atoms with Gasteiger partial charge in [0.1, 0.15) is 5.82 Å². The molecule has 0 N–H and O–H groups in total. The van der Waals surface area contributed by atoms with Gasteiger partial charge < -0.3 is 4.57 Å². The zero-order chi connectivity index (χ0) is 11.7. The van der Waals surface area contributed by atoms with Crippen LogP contribution < -0.4 is 5.56 Å². The van der Waals surface area contributed by atoms with E-state index >= 15 is 0 Å². The molecular weight excluding hydrogens is 205 g/mol. The summed E-state index contributed by atoms with van der Waals surface area (Å²) in [6.45, 7) is 1.79. The van der Waals surface area contributed by atoms with E-state index in [0.29, 0.717) is 11.1 Å². The molecule has 0 amide bonds. The number of nitrogens with zero attached hydrogens (tertiary/aromatic N) is 1. The van der Waals surface area contributed by atoms with Crippen molar-refractivity contribution in [3.05, 3.63) is 58.3 Å². The van der Waals surface area contributed by atoms with Crippen molar-refractivity contribution in [1.82, 2.24) is 4.57 Å². The van der Waals surface area contributed by atoms with Crippen LogP contribution in [0, 0.1) is 18.8 Å². The van der Waals surface area contributed by atoms with E-state index in [0.717, 1.165) is 5.56 Å². The first-order valence-corrected chi connectivity index (χ1v) is 4.93. The summed E-state index contributed by atoms with van der Waals surface area (Å²) >= 11 is 0. The number of benzene rings is 1. The summed E-state index contributed by atoms with van der Waals surface area (Å²) in [6.07, 6.45) is 1.62. The van der Waals surface area contributed by atoms with Gasteiger partial charge >= 0.3 is 0 Å². The summed E-state index contributed by atoms with van der Waals surface area (Å²) in [4.78, 5) is 11.2. The largest absolute Gasteiger partial charge is 0.318 e. The van der Waals surface area contributed by atoms with Crippen molar-refractivity contribution in [1.29, 1.82) is 0 Å². The Kier molecular flexibility index (Phi) is 2.60. The number of rotatable bonds is 1. The van der Waals surface area contributed by atoms with Gasteiger partial charge in [0.05, 0.1) is 0 Å². The first-order chi connectivity index (χ1) is 7.58. The van der Waals surface area contributed by atoms with E-state index in [1.807, 2.05) is 0 Å². The van der Waals surface area contributed by atoms with Crippen LogP contribution in [0.4, 0.5) is 4.39 Å². The summed E-state index contributed by atoms with van der Waals surface area (Å²) in [6, 6.07) is 9.02. The molecule has 0 bridgehead atoms. The molecule has 0 spiro atoms. The second kappa shape index (κ2) is 3.93. The maximum Gasteiger partial charge on any atom is 0.250 e. The molecule has 3 heteroatoms. The predicted octanol–water partition coefficient (Wildman–Crippen LogP) is 2.30. The molecule has 2 rings (SSSR count). The van der Waals surface area contributed by atoms with Gasteiger partial charge in [-0.2, -0.15) is 0 Å². The van der Waals surface area contributed by atoms with Crippen LogP contribution in [0.1, 0.15) is 5.56 Å². The Bertz CT molecular complexity index is 587. The van der Waals surface area contributed by atoms with Gasteiger partial charge in [0, 0.05) is 30.4 Å². The molecule has 2 aromatic rings. The predicted molar refractivity (Wildman–Crippen MR) is 60.7 cm³/mol. The molecule has 0 aliphatic rings. The lowest BCUT2D eigenvalue weighted by Crippen LogP contribution is -2.14. The molecule has 1 aromatic carbocycles. The van der Waals surface area contributed by atoms with Crippen LogP contribution in [-0.2, 0) is 7.05 Å². The van der Waals surface area contributed by atoms with Crippen LogP contribution in [0.5, 0.6) is 0 Å². The summed E-state index contributed by atoms with van der Waals surface area (Å²) < 4.78 is 15.1. The molecule has 0 saturated carbocycles. The third-order valence-electron chi connectivity index (χ3n) is 2.44. The van der Waals surface area contributed by atoms with Crippen LogP contribution in [0.3, 0.4) is 0 Å². The standard InChI is InChI=1S/C13H11FNO/c1-9-3-5-11(12(14)7-9)10-4-6-13(16)15(2)8-10/h4-8H,1-2H3. The van der Waals surface area contributed by atoms with Gasteiger partial charge in [-0.05, 0) is 36.8 Å². The minimum absolute atomic E-state index is 0.111. The molecule has 0 aliphatic carbocycles. The normalized spacial score (nSPS) is 10.4. The first-order valence-electron chi connectivity index (χ1n) is 4.93. The number of aryl methyl sites for hydroxylation is 2. The third kappa shape index (κ3) is 1.89. The first kappa shape index (κ1) is 10.6. The van der Waals surface area contributed by atoms with E-state index in [-0.39, 0.29) is 11.4 Å². The second-order valence-corrected chi connectivity index (χ2v) is 3.74. The van der Waals surface area contributed by atoms with Crippen LogP contribution in [0.25, 0.3) is 11.1 Å². The van der Waals surface area contributed by atoms with E-state index in [9.17, 15) is 9.18 Å². The number of hydrogen-bond acceptors (Lipinski definition) is 1. The van der Waals surface area contributed by atoms with Gasteiger partial charge in [0.25, 0.3) is 0 Å². The van der Waals surface area contributed by atoms with Gasteiger partial charge in [0.2, 0.25) is 5.56 Å². The summed E-state index contributed by atoms with van der Waals surface area (Å²) in [5.41, 5.74) is 1.78. The maximum atomic E-state index is 13.7. The fourth-order valence-electron chi connectivity index (χ4n) is 1.54. The zero-order valence-electron chi connectivity index (χ0n) is 9.12. The lowest BCUT2D eigenvalue weighted by Gasteiger charge is -2.05. The van der Waals surface area contributed by atoms with Gasteiger partial charge in [-0.3, -0.25) is 4.79 Å². The Balaban J connectivity index is 2.59. The van der Waals surface area contributed by atoms with Crippen LogP contribution in [0.15, 0.2) is 35.3 Å². The van der Waals surface area contributed by atoms with Crippen molar-refractivity contribution >= 4 is 0 Å². The highest BCUT2D eigenvalue weighted by atomic mass is 19.1. The molecule has 0 unspecified atom stereocenters. The molecule has 1 heterocycles. The Morgan fingerprint density at radius 3 is 2.75 bits per heavy atom. The van der Waals surface area contributed by atoms with E-state index in [1.165, 1.54) is 16.7 Å². The third-order valence-corrected chi connectivity index (χ3v) is 2.44. The van der Waals surface area contributed by atoms with Crippen molar-refractivity contribution in [3.63, 3.8) is 0 Å². The molecule has 2 nitrogen and oxygen atoms in total. The number of hydrogen-bond donors (Lipinski definition) is 0. The van der Waals surface area contributed by atoms with Crippen LogP contribution in [-0.4, -0.2) is 4.57 Å². The lowest BCUT2D eigenvalue weighted by molar-refractivity contribution is 0.629. The average molecular weight is 216 g/mol. The Morgan fingerprint density at radius 2 is 2.12 bits per heavy atom. The quantitative estimate of drug-likeness (QED) is 0.717. The van der Waals surface area contributed by atoms with Crippen molar-refractivity contribution in [2.45, 2.75) is 6.92 Å². The highest BCUT2D eigenvalue weighted by Crippen LogP contribution is 2.21. The zero-order valence-corrected chi connectivity index (χ0v) is 9.12. The Labute approximate surface area is 93.0 Å². The number of aromatic nitrogens is 1. The highest BCUT2D eigenvalue weighted by Gasteiger charge is 2.05. The fraction of sp³-hybridized carbons (Fsp3) is 0.154. The van der Waals surface area contributed by atoms with E-state index in [2.05, 4.69) is 6.07 Å². The van der Waals surface area contributed by atoms with Crippen LogP contribution in [0.2, 0.25) is 0 Å². The minimum Gasteiger partial charge on any atom is -0.318 e. The van der Waals surface area contributed by atoms with Crippen molar-refractivity contribution in [3.8, 4) is 11.1 Å². The monoisotopic (exact) mass is 216 g/mol. The van der Waals surface area contributed by atoms with Gasteiger partial charge in [-0.15, -0.1) is 0 Å². The van der Waals surface area contributed by atoms with E-state index in [1.54, 1.807) is 32.3 Å². The second-order valence-electron chi connectivity index (χ2n) is 3.74. The molecule has 16 heavy (non-hydrogen) atoms. The van der Waals surface area contributed by atoms with Crippen molar-refractivity contribution in [2.75, 3.05) is 0 Å². The SMILES string of the molecule is Cc1[c]cc(-c2ccc(=O)n(C)c2)c(F)c1. The molecule has 0 atom stereocenters. The molecule has 0 fully saturated rings. The molecule has 1 aromatic heterocycles. The average Bonchev–Trinajstić information content (AvgIpc) is 2.22. The Hall–Kier alpha value is -1.90. The molecule has 0 saturated heterocycles. The van der Waals surface area contributed by atoms with Crippen LogP contribution >= 0.6 is 0 Å². The summed E-state index contributed by atoms with van der Waals surface area (Å²) in [5.74, 6) is -0.296. The van der Waals surface area contributed by atoms with Gasteiger partial charge in [0.15, 0.2) is 0 Å². The fourth-order valence-corrected chi connectivity index (χ4v) is 1.54. The van der Waals surface area contributed by atoms with E-state index < -0.39 is 0 Å². The van der Waals surface area contributed by atoms with Gasteiger partial charge in [-0.25, -0.2) is 4.39 Å².